The highest BCUT2D eigenvalue weighted by Gasteiger charge is 2.15. The Hall–Kier alpha value is -0.980. The molecule has 0 radical (unpaired) electrons. The second-order valence-corrected chi connectivity index (χ2v) is 4.98. The highest BCUT2D eigenvalue weighted by molar-refractivity contribution is 9.10. The number of halogens is 1. The van der Waals surface area contributed by atoms with Crippen LogP contribution in [-0.4, -0.2) is 36.8 Å². The molecular formula is C12H15BrN2O3. The van der Waals surface area contributed by atoms with Gasteiger partial charge in [0, 0.05) is 17.3 Å². The number of carbonyl (C=O) groups excluding carboxylic acids is 1. The maximum Gasteiger partial charge on any atom is 0.251 e. The van der Waals surface area contributed by atoms with Gasteiger partial charge in [0.25, 0.3) is 5.91 Å². The summed E-state index contributed by atoms with van der Waals surface area (Å²) in [6, 6.07) is 3.54. The van der Waals surface area contributed by atoms with Crippen LogP contribution in [0.1, 0.15) is 12.8 Å². The lowest BCUT2D eigenvalue weighted by molar-refractivity contribution is -0.121. The summed E-state index contributed by atoms with van der Waals surface area (Å²) in [6.07, 6.45) is 3.85. The molecule has 18 heavy (non-hydrogen) atoms. The number of carbonyl (C=O) groups is 1. The Labute approximate surface area is 114 Å². The molecule has 0 unspecified atom stereocenters. The summed E-state index contributed by atoms with van der Waals surface area (Å²) in [5, 5.41) is 2.66. The van der Waals surface area contributed by atoms with E-state index >= 15 is 0 Å². The van der Waals surface area contributed by atoms with Gasteiger partial charge < -0.3 is 14.8 Å². The van der Waals surface area contributed by atoms with E-state index in [1.54, 1.807) is 12.3 Å². The molecule has 0 bridgehead atoms. The predicted molar refractivity (Wildman–Crippen MR) is 70.4 cm³/mol. The fourth-order valence-corrected chi connectivity index (χ4v) is 1.92. The molecule has 1 atom stereocenters. The van der Waals surface area contributed by atoms with Crippen molar-refractivity contribution in [1.29, 1.82) is 0 Å². The van der Waals surface area contributed by atoms with Crippen LogP contribution in [0.15, 0.2) is 22.8 Å². The average Bonchev–Trinajstić information content (AvgIpc) is 2.85. The molecule has 1 aliphatic rings. The van der Waals surface area contributed by atoms with Gasteiger partial charge in [-0.2, -0.15) is 0 Å². The molecule has 1 aliphatic heterocycles. The molecule has 2 heterocycles. The Kier molecular flexibility index (Phi) is 5.10. The number of nitrogens with zero attached hydrogens (tertiary/aromatic N) is 1. The van der Waals surface area contributed by atoms with Gasteiger partial charge in [0.1, 0.15) is 12.4 Å². The molecule has 1 fully saturated rings. The third-order valence-electron chi connectivity index (χ3n) is 2.56. The zero-order valence-corrected chi connectivity index (χ0v) is 11.5. The lowest BCUT2D eigenvalue weighted by Gasteiger charge is -2.10. The fourth-order valence-electron chi connectivity index (χ4n) is 1.69. The fraction of sp³-hybridized carbons (Fsp3) is 0.500. The normalized spacial score (nSPS) is 18.8. The maximum atomic E-state index is 11.5. The molecule has 1 amide bonds. The number of amides is 1. The van der Waals surface area contributed by atoms with E-state index in [9.17, 15) is 4.79 Å². The summed E-state index contributed by atoms with van der Waals surface area (Å²) in [5.41, 5.74) is 0. The molecule has 0 aliphatic carbocycles. The van der Waals surface area contributed by atoms with Crippen LogP contribution < -0.4 is 5.32 Å². The summed E-state index contributed by atoms with van der Waals surface area (Å²) >= 11 is 3.28. The number of aromatic nitrogens is 1. The summed E-state index contributed by atoms with van der Waals surface area (Å²) in [4.78, 5) is 15.6. The molecule has 1 aromatic rings. The van der Waals surface area contributed by atoms with Gasteiger partial charge in [-0.25, -0.2) is 4.98 Å². The molecule has 1 aromatic heterocycles. The van der Waals surface area contributed by atoms with E-state index in [1.165, 1.54) is 0 Å². The van der Waals surface area contributed by atoms with Gasteiger partial charge in [0.15, 0.2) is 0 Å². The van der Waals surface area contributed by atoms with Crippen molar-refractivity contribution < 1.29 is 14.3 Å². The number of hydrogen-bond donors (Lipinski definition) is 1. The summed E-state index contributed by atoms with van der Waals surface area (Å²) in [7, 11) is 0. The van der Waals surface area contributed by atoms with Crippen LogP contribution in [0, 0.1) is 0 Å². The Bertz CT molecular complexity index is 391. The Balaban J connectivity index is 1.66. The van der Waals surface area contributed by atoms with E-state index in [0.29, 0.717) is 12.4 Å². The second-order valence-electron chi connectivity index (χ2n) is 4.06. The van der Waals surface area contributed by atoms with E-state index < -0.39 is 0 Å². The molecule has 1 N–H and O–H groups in total. The zero-order valence-electron chi connectivity index (χ0n) is 9.89. The molecule has 0 saturated carbocycles. The van der Waals surface area contributed by atoms with Crippen molar-refractivity contribution in [2.45, 2.75) is 18.9 Å². The number of pyridine rings is 1. The Morgan fingerprint density at radius 2 is 2.50 bits per heavy atom. The van der Waals surface area contributed by atoms with Crippen molar-refractivity contribution in [2.75, 3.05) is 25.1 Å². The number of hydrogen-bond acceptors (Lipinski definition) is 4. The monoisotopic (exact) mass is 314 g/mol. The smallest absolute Gasteiger partial charge is 0.251 e. The second kappa shape index (κ2) is 6.82. The first-order valence-corrected chi connectivity index (χ1v) is 6.64. The number of ether oxygens (including phenoxy) is 2. The number of anilines is 1. The largest absolute Gasteiger partial charge is 0.376 e. The van der Waals surface area contributed by atoms with Gasteiger partial charge in [-0.3, -0.25) is 4.79 Å². The minimum atomic E-state index is -0.206. The van der Waals surface area contributed by atoms with Crippen molar-refractivity contribution in [3.05, 3.63) is 22.8 Å². The highest BCUT2D eigenvalue weighted by atomic mass is 79.9. The zero-order chi connectivity index (χ0) is 12.8. The van der Waals surface area contributed by atoms with E-state index in [2.05, 4.69) is 26.2 Å². The average molecular weight is 315 g/mol. The molecule has 0 spiro atoms. The van der Waals surface area contributed by atoms with Crippen LogP contribution in [0.4, 0.5) is 5.82 Å². The van der Waals surface area contributed by atoms with Crippen molar-refractivity contribution >= 4 is 27.7 Å². The molecule has 5 nitrogen and oxygen atoms in total. The summed E-state index contributed by atoms with van der Waals surface area (Å²) in [5.74, 6) is 0.312. The third kappa shape index (κ3) is 4.36. The van der Waals surface area contributed by atoms with Gasteiger partial charge in [-0.15, -0.1) is 0 Å². The van der Waals surface area contributed by atoms with Crippen LogP contribution in [0.3, 0.4) is 0 Å². The maximum absolute atomic E-state index is 11.5. The van der Waals surface area contributed by atoms with Crippen molar-refractivity contribution in [1.82, 2.24) is 4.98 Å². The lowest BCUT2D eigenvalue weighted by atomic mass is 10.2. The van der Waals surface area contributed by atoms with E-state index in [-0.39, 0.29) is 18.6 Å². The Morgan fingerprint density at radius 3 is 3.17 bits per heavy atom. The van der Waals surface area contributed by atoms with Crippen molar-refractivity contribution in [2.24, 2.45) is 0 Å². The molecule has 6 heteroatoms. The first kappa shape index (κ1) is 13.5. The van der Waals surface area contributed by atoms with Crippen LogP contribution in [0.5, 0.6) is 0 Å². The molecule has 1 saturated heterocycles. The van der Waals surface area contributed by atoms with Gasteiger partial charge in [0.05, 0.1) is 12.7 Å². The first-order valence-electron chi connectivity index (χ1n) is 5.85. The van der Waals surface area contributed by atoms with Crippen LogP contribution in [0.25, 0.3) is 0 Å². The van der Waals surface area contributed by atoms with Gasteiger partial charge in [-0.05, 0) is 40.9 Å². The standard InChI is InChI=1S/C12H15BrN2O3/c13-9-3-4-11(14-6-9)15-12(16)8-17-7-10-2-1-5-18-10/h3-4,6,10H,1-2,5,7-8H2,(H,14,15,16)/t10-/m0/s1. The van der Waals surface area contributed by atoms with Gasteiger partial charge >= 0.3 is 0 Å². The Morgan fingerprint density at radius 1 is 1.61 bits per heavy atom. The van der Waals surface area contributed by atoms with E-state index in [4.69, 9.17) is 9.47 Å². The predicted octanol–water partition coefficient (Wildman–Crippen LogP) is 1.98. The molecule has 0 aromatic carbocycles. The lowest BCUT2D eigenvalue weighted by Crippen LogP contribution is -2.22. The van der Waals surface area contributed by atoms with Crippen LogP contribution >= 0.6 is 15.9 Å². The quantitative estimate of drug-likeness (QED) is 0.902. The minimum absolute atomic E-state index is 0.0254. The van der Waals surface area contributed by atoms with E-state index in [1.807, 2.05) is 6.07 Å². The topological polar surface area (TPSA) is 60.5 Å². The number of rotatable bonds is 5. The van der Waals surface area contributed by atoms with Gasteiger partial charge in [0.2, 0.25) is 0 Å². The van der Waals surface area contributed by atoms with Crippen LogP contribution in [-0.2, 0) is 14.3 Å². The molecule has 98 valence electrons. The van der Waals surface area contributed by atoms with Gasteiger partial charge in [-0.1, -0.05) is 0 Å². The number of nitrogens with one attached hydrogen (secondary N) is 1. The van der Waals surface area contributed by atoms with E-state index in [0.717, 1.165) is 23.9 Å². The first-order chi connectivity index (χ1) is 8.74. The minimum Gasteiger partial charge on any atom is -0.376 e. The molecular weight excluding hydrogens is 300 g/mol. The SMILES string of the molecule is O=C(COC[C@@H]1CCCO1)Nc1ccc(Br)cn1. The summed E-state index contributed by atoms with van der Waals surface area (Å²) < 4.78 is 11.6. The molecule has 2 rings (SSSR count). The summed E-state index contributed by atoms with van der Waals surface area (Å²) in [6.45, 7) is 1.29. The highest BCUT2D eigenvalue weighted by Crippen LogP contribution is 2.12. The van der Waals surface area contributed by atoms with Crippen LogP contribution in [0.2, 0.25) is 0 Å². The van der Waals surface area contributed by atoms with Crippen molar-refractivity contribution in [3.63, 3.8) is 0 Å². The third-order valence-corrected chi connectivity index (χ3v) is 3.02. The van der Waals surface area contributed by atoms with Crippen molar-refractivity contribution in [3.8, 4) is 0 Å².